The first-order valence-corrected chi connectivity index (χ1v) is 29.4. The number of benzene rings is 1. The molecule has 0 bridgehead atoms. The van der Waals surface area contributed by atoms with Gasteiger partial charge in [0.2, 0.25) is 0 Å². The van der Waals surface area contributed by atoms with E-state index in [1.807, 2.05) is 26.0 Å². The molecule has 6 fully saturated rings. The Hall–Kier alpha value is -0.331. The molecule has 0 saturated carbocycles. The Morgan fingerprint density at radius 2 is 0.581 bits per heavy atom. The number of pyridine rings is 2. The third-order valence-electron chi connectivity index (χ3n) is 11.8. The molecule has 0 aliphatic carbocycles. The van der Waals surface area contributed by atoms with Crippen LogP contribution in [0.5, 0.6) is 0 Å². The van der Waals surface area contributed by atoms with Gasteiger partial charge in [-0.25, -0.2) is 0 Å². The molecule has 0 unspecified atom stereocenters. The summed E-state index contributed by atoms with van der Waals surface area (Å²) in [6.45, 7) is 28.1. The van der Waals surface area contributed by atoms with E-state index < -0.39 is 0 Å². The van der Waals surface area contributed by atoms with Gasteiger partial charge < -0.3 is 28.4 Å². The van der Waals surface area contributed by atoms with E-state index in [2.05, 4.69) is 76.4 Å². The second-order valence-electron chi connectivity index (χ2n) is 16.7. The topological polar surface area (TPSA) is 101 Å². The van der Waals surface area contributed by atoms with Crippen molar-refractivity contribution in [2.75, 3.05) is 196 Å². The maximum atomic E-state index is 5.49. The molecule has 1 aromatic carbocycles. The summed E-state index contributed by atoms with van der Waals surface area (Å²) in [5.74, 6) is 0. The van der Waals surface area contributed by atoms with Gasteiger partial charge in [-0.05, 0) is 26.0 Å². The second-order valence-corrected chi connectivity index (χ2v) is 21.1. The first-order chi connectivity index (χ1) is 30.5. The van der Waals surface area contributed by atoms with E-state index in [0.29, 0.717) is 0 Å². The SMILES string of the molecule is C1CN(CP(CN2CCOCC2)CN2CCOCC2)CCO1.C1CN(CP(CN2CCOCC2)CN2CCOCC2)CCO1.Cc1ccc2ccc3ccc(C)nc3c2n1.[Cu][I]. The minimum atomic E-state index is -0.0181. The van der Waals surface area contributed by atoms with Crippen LogP contribution in [0.4, 0.5) is 0 Å². The Morgan fingerprint density at radius 3 is 0.790 bits per heavy atom. The predicted octanol–water partition coefficient (Wildman–Crippen LogP) is 4.96. The number of hydrogen-bond donors (Lipinski definition) is 0. The summed E-state index contributed by atoms with van der Waals surface area (Å²) in [5, 5.41) is 2.30. The molecule has 352 valence electrons. The van der Waals surface area contributed by atoms with Crippen molar-refractivity contribution in [1.82, 2.24) is 39.4 Å². The summed E-state index contributed by atoms with van der Waals surface area (Å²) < 4.78 is 33.0. The average molecular weight is 1060 g/mol. The molecule has 6 aliphatic rings. The van der Waals surface area contributed by atoms with Crippen molar-refractivity contribution in [3.05, 3.63) is 47.8 Å². The molecule has 0 atom stereocenters. The van der Waals surface area contributed by atoms with Crippen LogP contribution in [0.2, 0.25) is 0 Å². The fourth-order valence-corrected chi connectivity index (χ4v) is 14.0. The van der Waals surface area contributed by atoms with Crippen LogP contribution < -0.4 is 0 Å². The second kappa shape index (κ2) is 29.4. The van der Waals surface area contributed by atoms with Crippen LogP contribution in [0.25, 0.3) is 21.8 Å². The Bertz CT molecular complexity index is 1470. The molecular formula is C44H72CuIN8O6P2. The molecule has 18 heteroatoms. The van der Waals surface area contributed by atoms with E-state index in [0.717, 1.165) is 191 Å². The van der Waals surface area contributed by atoms with Gasteiger partial charge >= 0.3 is 33.1 Å². The molecule has 0 N–H and O–H groups in total. The average Bonchev–Trinajstić information content (AvgIpc) is 3.32. The monoisotopic (exact) mass is 1060 g/mol. The van der Waals surface area contributed by atoms with Crippen LogP contribution in [0.15, 0.2) is 36.4 Å². The standard InChI is InChI=1S/2C15H30N3O3P.C14H12N2.Cu.HI/c2*1-7-19-8-2-16(1)13-22(14-17-3-9-20-10-4-17)15-18-5-11-21-12-6-18;1-9-3-5-11-7-8-12-6-4-10(2)16-14(12)13(11)15-9;;/h2*1-15H2;3-8H,1-2H3;;1H/q;;;+1;/p-1. The van der Waals surface area contributed by atoms with Crippen molar-refractivity contribution < 1.29 is 41.2 Å². The molecule has 0 spiro atoms. The number of morpholine rings is 6. The van der Waals surface area contributed by atoms with Gasteiger partial charge in [0.1, 0.15) is 0 Å². The zero-order chi connectivity index (χ0) is 43.2. The molecule has 62 heavy (non-hydrogen) atoms. The number of hydrogen-bond acceptors (Lipinski definition) is 14. The molecule has 3 aromatic rings. The van der Waals surface area contributed by atoms with Crippen molar-refractivity contribution >= 4 is 58.0 Å². The van der Waals surface area contributed by atoms with E-state index in [-0.39, 0.29) is 15.8 Å². The predicted molar refractivity (Wildman–Crippen MR) is 258 cm³/mol. The van der Waals surface area contributed by atoms with Crippen LogP contribution >= 0.6 is 36.2 Å². The van der Waals surface area contributed by atoms with Gasteiger partial charge in [0.25, 0.3) is 0 Å². The number of aromatic nitrogens is 2. The summed E-state index contributed by atoms with van der Waals surface area (Å²) in [6.07, 6.45) is 7.54. The molecular weight excluding hydrogens is 989 g/mol. The van der Waals surface area contributed by atoms with E-state index in [9.17, 15) is 0 Å². The van der Waals surface area contributed by atoms with Crippen LogP contribution in [0.3, 0.4) is 0 Å². The zero-order valence-corrected chi connectivity index (χ0v) is 42.2. The molecule has 0 radical (unpaired) electrons. The van der Waals surface area contributed by atoms with Crippen molar-refractivity contribution in [2.24, 2.45) is 0 Å². The molecule has 8 heterocycles. The number of fused-ring (bicyclic) bond motifs is 3. The Morgan fingerprint density at radius 1 is 0.387 bits per heavy atom. The van der Waals surface area contributed by atoms with Crippen LogP contribution in [0, 0.1) is 13.8 Å². The number of aryl methyl sites for hydroxylation is 2. The summed E-state index contributed by atoms with van der Waals surface area (Å²) in [5.41, 5.74) is 4.06. The van der Waals surface area contributed by atoms with Gasteiger partial charge in [0, 0.05) is 138 Å². The van der Waals surface area contributed by atoms with E-state index in [4.69, 9.17) is 28.4 Å². The molecule has 6 aliphatic heterocycles. The van der Waals surface area contributed by atoms with Crippen molar-refractivity contribution in [3.8, 4) is 0 Å². The minimum absolute atomic E-state index is 0.0181. The Kier molecular flexibility index (Phi) is 24.2. The quantitative estimate of drug-likeness (QED) is 0.106. The number of ether oxygens (including phenoxy) is 6. The first-order valence-electron chi connectivity index (χ1n) is 22.5. The molecule has 6 saturated heterocycles. The zero-order valence-electron chi connectivity index (χ0n) is 37.3. The summed E-state index contributed by atoms with van der Waals surface area (Å²) in [7, 11) is -0.0362. The van der Waals surface area contributed by atoms with Crippen LogP contribution in [-0.2, 0) is 41.2 Å². The Balaban J connectivity index is 0.000000154. The summed E-state index contributed by atoms with van der Waals surface area (Å²) in [4.78, 5) is 24.8. The van der Waals surface area contributed by atoms with E-state index in [1.165, 1.54) is 37.7 Å². The summed E-state index contributed by atoms with van der Waals surface area (Å²) in [6, 6.07) is 12.5. The van der Waals surface area contributed by atoms with Gasteiger partial charge in [-0.2, -0.15) is 0 Å². The number of nitrogens with zero attached hydrogens (tertiary/aromatic N) is 8. The van der Waals surface area contributed by atoms with Crippen LogP contribution in [0.1, 0.15) is 11.4 Å². The van der Waals surface area contributed by atoms with Gasteiger partial charge in [-0.15, -0.1) is 0 Å². The number of halogens is 1. The van der Waals surface area contributed by atoms with Crippen LogP contribution in [-0.4, -0.2) is 235 Å². The first kappa shape index (κ1) is 51.1. The third kappa shape index (κ3) is 18.1. The molecule has 9 rings (SSSR count). The third-order valence-corrected chi connectivity index (χ3v) is 16.6. The fourth-order valence-electron chi connectivity index (χ4n) is 8.38. The van der Waals surface area contributed by atoms with Crippen molar-refractivity contribution in [1.29, 1.82) is 0 Å². The van der Waals surface area contributed by atoms with Crippen molar-refractivity contribution in [2.45, 2.75) is 13.8 Å². The molecule has 2 aromatic heterocycles. The Labute approximate surface area is 393 Å². The van der Waals surface area contributed by atoms with Gasteiger partial charge in [-0.3, -0.25) is 39.4 Å². The maximum absolute atomic E-state index is 5.49. The van der Waals surface area contributed by atoms with Gasteiger partial charge in [-0.1, -0.05) is 40.1 Å². The number of rotatable bonds is 12. The van der Waals surface area contributed by atoms with Gasteiger partial charge in [0.15, 0.2) is 0 Å². The molecule has 14 nitrogen and oxygen atoms in total. The van der Waals surface area contributed by atoms with E-state index in [1.54, 1.807) is 20.3 Å². The van der Waals surface area contributed by atoms with Crippen molar-refractivity contribution in [3.63, 3.8) is 0 Å². The van der Waals surface area contributed by atoms with E-state index >= 15 is 0 Å². The fraction of sp³-hybridized carbons (Fsp3) is 0.727. The van der Waals surface area contributed by atoms with Gasteiger partial charge in [0.05, 0.1) is 90.3 Å². The molecule has 0 amide bonds. The normalized spacial score (nSPS) is 21.9. The summed E-state index contributed by atoms with van der Waals surface area (Å²) >= 11 is 5.87.